The maximum Gasteiger partial charge on any atom is 0.165 e. The van der Waals surface area contributed by atoms with Gasteiger partial charge in [-0.15, -0.1) is 0 Å². The zero-order chi connectivity index (χ0) is 13.8. The van der Waals surface area contributed by atoms with E-state index in [1.165, 1.54) is 12.8 Å². The summed E-state index contributed by atoms with van der Waals surface area (Å²) in [6.07, 6.45) is 5.02. The third-order valence-electron chi connectivity index (χ3n) is 3.88. The van der Waals surface area contributed by atoms with Crippen LogP contribution >= 0.6 is 0 Å². The number of hydrogen-bond donors (Lipinski definition) is 1. The SMILES string of the molecule is COc1cccc(CNC2CC2)c1OCC1CCCO1. The largest absolute Gasteiger partial charge is 0.493 e. The molecule has 1 aromatic carbocycles. The van der Waals surface area contributed by atoms with Crippen LogP contribution in [-0.4, -0.2) is 32.5 Å². The summed E-state index contributed by atoms with van der Waals surface area (Å²) in [4.78, 5) is 0. The van der Waals surface area contributed by atoms with E-state index >= 15 is 0 Å². The van der Waals surface area contributed by atoms with Crippen molar-refractivity contribution >= 4 is 0 Å². The van der Waals surface area contributed by atoms with Gasteiger partial charge >= 0.3 is 0 Å². The quantitative estimate of drug-likeness (QED) is 0.831. The molecule has 3 rings (SSSR count). The molecule has 0 amide bonds. The Morgan fingerprint density at radius 2 is 2.20 bits per heavy atom. The summed E-state index contributed by atoms with van der Waals surface area (Å²) in [5, 5.41) is 3.53. The number of ether oxygens (including phenoxy) is 3. The Morgan fingerprint density at radius 3 is 2.90 bits per heavy atom. The first kappa shape index (κ1) is 13.7. The van der Waals surface area contributed by atoms with Gasteiger partial charge in [0.25, 0.3) is 0 Å². The maximum atomic E-state index is 6.01. The first-order valence-electron chi connectivity index (χ1n) is 7.50. The van der Waals surface area contributed by atoms with E-state index in [0.29, 0.717) is 12.6 Å². The molecule has 20 heavy (non-hydrogen) atoms. The summed E-state index contributed by atoms with van der Waals surface area (Å²) in [7, 11) is 1.69. The van der Waals surface area contributed by atoms with E-state index < -0.39 is 0 Å². The van der Waals surface area contributed by atoms with Crippen LogP contribution in [0.4, 0.5) is 0 Å². The summed E-state index contributed by atoms with van der Waals surface area (Å²) in [5.41, 5.74) is 1.16. The Morgan fingerprint density at radius 1 is 1.30 bits per heavy atom. The summed E-state index contributed by atoms with van der Waals surface area (Å²) in [5.74, 6) is 1.66. The normalized spacial score (nSPS) is 21.9. The molecule has 0 spiro atoms. The summed E-state index contributed by atoms with van der Waals surface area (Å²) in [6.45, 7) is 2.30. The molecule has 4 nitrogen and oxygen atoms in total. The monoisotopic (exact) mass is 277 g/mol. The minimum absolute atomic E-state index is 0.226. The molecule has 1 saturated heterocycles. The van der Waals surface area contributed by atoms with Crippen molar-refractivity contribution in [3.8, 4) is 11.5 Å². The lowest BCUT2D eigenvalue weighted by Gasteiger charge is -2.17. The van der Waals surface area contributed by atoms with Crippen LogP contribution in [0.15, 0.2) is 18.2 Å². The Kier molecular flexibility index (Phi) is 4.43. The number of hydrogen-bond acceptors (Lipinski definition) is 4. The minimum Gasteiger partial charge on any atom is -0.493 e. The van der Waals surface area contributed by atoms with Crippen molar-refractivity contribution < 1.29 is 14.2 Å². The number of nitrogens with one attached hydrogen (secondary N) is 1. The molecular formula is C16H23NO3. The lowest BCUT2D eigenvalue weighted by molar-refractivity contribution is 0.0666. The molecule has 0 bridgehead atoms. The van der Waals surface area contributed by atoms with Crippen molar-refractivity contribution in [3.63, 3.8) is 0 Å². The number of methoxy groups -OCH3 is 1. The molecular weight excluding hydrogens is 254 g/mol. The third-order valence-corrected chi connectivity index (χ3v) is 3.88. The van der Waals surface area contributed by atoms with Gasteiger partial charge in [0.2, 0.25) is 0 Å². The summed E-state index contributed by atoms with van der Waals surface area (Å²) >= 11 is 0. The number of para-hydroxylation sites is 1. The van der Waals surface area contributed by atoms with Crippen LogP contribution in [0, 0.1) is 0 Å². The van der Waals surface area contributed by atoms with E-state index in [0.717, 1.165) is 43.1 Å². The molecule has 1 aromatic rings. The summed E-state index contributed by atoms with van der Waals surface area (Å²) < 4.78 is 17.1. The Hall–Kier alpha value is -1.26. The molecule has 0 radical (unpaired) electrons. The fraction of sp³-hybridized carbons (Fsp3) is 0.625. The van der Waals surface area contributed by atoms with Crippen molar-refractivity contribution in [1.82, 2.24) is 5.32 Å². The van der Waals surface area contributed by atoms with Gasteiger partial charge in [-0.25, -0.2) is 0 Å². The highest BCUT2D eigenvalue weighted by Gasteiger charge is 2.22. The van der Waals surface area contributed by atoms with Crippen LogP contribution in [0.3, 0.4) is 0 Å². The molecule has 0 aromatic heterocycles. The van der Waals surface area contributed by atoms with Gasteiger partial charge in [0.15, 0.2) is 11.5 Å². The standard InChI is InChI=1S/C16H23NO3/c1-18-15-6-2-4-12(10-17-13-7-8-13)16(15)20-11-14-5-3-9-19-14/h2,4,6,13-14,17H,3,5,7-11H2,1H3. The fourth-order valence-electron chi connectivity index (χ4n) is 2.52. The second-order valence-electron chi connectivity index (χ2n) is 5.55. The van der Waals surface area contributed by atoms with Crippen LogP contribution in [0.5, 0.6) is 11.5 Å². The van der Waals surface area contributed by atoms with E-state index in [2.05, 4.69) is 11.4 Å². The van der Waals surface area contributed by atoms with Crippen LogP contribution in [0.2, 0.25) is 0 Å². The molecule has 1 unspecified atom stereocenters. The molecule has 1 N–H and O–H groups in total. The first-order valence-corrected chi connectivity index (χ1v) is 7.50. The van der Waals surface area contributed by atoms with Crippen LogP contribution in [0.1, 0.15) is 31.2 Å². The fourth-order valence-corrected chi connectivity index (χ4v) is 2.52. The van der Waals surface area contributed by atoms with Gasteiger partial charge in [-0.1, -0.05) is 12.1 Å². The molecule has 2 aliphatic rings. The zero-order valence-electron chi connectivity index (χ0n) is 12.1. The smallest absolute Gasteiger partial charge is 0.165 e. The molecule has 1 heterocycles. The van der Waals surface area contributed by atoms with Gasteiger partial charge in [-0.2, -0.15) is 0 Å². The van der Waals surface area contributed by atoms with E-state index in [1.54, 1.807) is 7.11 Å². The van der Waals surface area contributed by atoms with Crippen molar-refractivity contribution in [3.05, 3.63) is 23.8 Å². The van der Waals surface area contributed by atoms with E-state index in [9.17, 15) is 0 Å². The highest BCUT2D eigenvalue weighted by atomic mass is 16.5. The van der Waals surface area contributed by atoms with Gasteiger partial charge in [-0.05, 0) is 31.7 Å². The Balaban J connectivity index is 1.66. The number of rotatable bonds is 7. The number of benzene rings is 1. The third kappa shape index (κ3) is 3.44. The van der Waals surface area contributed by atoms with Gasteiger partial charge in [0, 0.05) is 24.8 Å². The second kappa shape index (κ2) is 6.46. The predicted molar refractivity (Wildman–Crippen MR) is 77.3 cm³/mol. The lowest BCUT2D eigenvalue weighted by Crippen LogP contribution is -2.19. The highest BCUT2D eigenvalue weighted by Crippen LogP contribution is 2.32. The van der Waals surface area contributed by atoms with Crippen LogP contribution in [-0.2, 0) is 11.3 Å². The average molecular weight is 277 g/mol. The topological polar surface area (TPSA) is 39.7 Å². The van der Waals surface area contributed by atoms with Crippen molar-refractivity contribution in [2.75, 3.05) is 20.3 Å². The van der Waals surface area contributed by atoms with Gasteiger partial charge < -0.3 is 19.5 Å². The molecule has 1 aliphatic heterocycles. The molecule has 4 heteroatoms. The maximum absolute atomic E-state index is 6.01. The average Bonchev–Trinajstić information content (AvgIpc) is 3.17. The minimum atomic E-state index is 0.226. The predicted octanol–water partition coefficient (Wildman–Crippen LogP) is 2.51. The lowest BCUT2D eigenvalue weighted by atomic mass is 10.1. The Bertz CT molecular complexity index is 439. The molecule has 1 saturated carbocycles. The zero-order valence-corrected chi connectivity index (χ0v) is 12.1. The molecule has 1 atom stereocenters. The van der Waals surface area contributed by atoms with Crippen molar-refractivity contribution in [2.45, 2.75) is 44.4 Å². The van der Waals surface area contributed by atoms with Crippen LogP contribution in [0.25, 0.3) is 0 Å². The van der Waals surface area contributed by atoms with Crippen molar-refractivity contribution in [2.24, 2.45) is 0 Å². The highest BCUT2D eigenvalue weighted by molar-refractivity contribution is 5.46. The molecule has 2 fully saturated rings. The Labute approximate surface area is 120 Å². The van der Waals surface area contributed by atoms with Gasteiger partial charge in [-0.3, -0.25) is 0 Å². The second-order valence-corrected chi connectivity index (χ2v) is 5.55. The van der Waals surface area contributed by atoms with Gasteiger partial charge in [0.1, 0.15) is 6.61 Å². The first-order chi connectivity index (χ1) is 9.86. The van der Waals surface area contributed by atoms with E-state index in [1.807, 2.05) is 12.1 Å². The van der Waals surface area contributed by atoms with Gasteiger partial charge in [0.05, 0.1) is 13.2 Å². The molecule has 110 valence electrons. The van der Waals surface area contributed by atoms with Crippen LogP contribution < -0.4 is 14.8 Å². The van der Waals surface area contributed by atoms with E-state index in [4.69, 9.17) is 14.2 Å². The van der Waals surface area contributed by atoms with E-state index in [-0.39, 0.29) is 6.10 Å². The molecule has 1 aliphatic carbocycles. The van der Waals surface area contributed by atoms with Crippen molar-refractivity contribution in [1.29, 1.82) is 0 Å². The summed E-state index contributed by atoms with van der Waals surface area (Å²) in [6, 6.07) is 6.75.